The first-order chi connectivity index (χ1) is 10.7. The molecule has 0 aliphatic rings. The minimum atomic E-state index is 0.138. The first-order valence-electron chi connectivity index (χ1n) is 7.12. The van der Waals surface area contributed by atoms with Gasteiger partial charge in [0.1, 0.15) is 5.75 Å². The summed E-state index contributed by atoms with van der Waals surface area (Å²) in [5, 5.41) is 3.44. The number of pyridine rings is 1. The number of aromatic nitrogens is 1. The van der Waals surface area contributed by atoms with E-state index in [1.54, 1.807) is 27.5 Å². The van der Waals surface area contributed by atoms with Crippen molar-refractivity contribution in [1.82, 2.24) is 10.3 Å². The van der Waals surface area contributed by atoms with Crippen molar-refractivity contribution in [3.63, 3.8) is 0 Å². The highest BCUT2D eigenvalue weighted by Crippen LogP contribution is 2.34. The van der Waals surface area contributed by atoms with Gasteiger partial charge in [-0.05, 0) is 25.1 Å². The normalized spacial score (nSPS) is 11.8. The monoisotopic (exact) mass is 302 g/mol. The van der Waals surface area contributed by atoms with E-state index in [4.69, 9.17) is 14.2 Å². The Morgan fingerprint density at radius 2 is 1.68 bits per heavy atom. The van der Waals surface area contributed by atoms with Crippen LogP contribution in [0.1, 0.15) is 24.2 Å². The molecule has 0 radical (unpaired) electrons. The van der Waals surface area contributed by atoms with E-state index in [9.17, 15) is 0 Å². The van der Waals surface area contributed by atoms with Gasteiger partial charge in [0.25, 0.3) is 0 Å². The van der Waals surface area contributed by atoms with E-state index < -0.39 is 0 Å². The molecule has 2 aromatic rings. The Morgan fingerprint density at radius 3 is 2.27 bits per heavy atom. The lowest BCUT2D eigenvalue weighted by atomic mass is 10.1. The third kappa shape index (κ3) is 3.68. The van der Waals surface area contributed by atoms with E-state index in [0.717, 1.165) is 17.0 Å². The molecule has 5 heteroatoms. The Balaban J connectivity index is 2.15. The van der Waals surface area contributed by atoms with Crippen molar-refractivity contribution in [3.05, 3.63) is 47.8 Å². The van der Waals surface area contributed by atoms with Crippen molar-refractivity contribution in [1.29, 1.82) is 0 Å². The van der Waals surface area contributed by atoms with Crippen LogP contribution in [0, 0.1) is 0 Å². The summed E-state index contributed by atoms with van der Waals surface area (Å²) in [7, 11) is 4.88. The lowest BCUT2D eigenvalue weighted by Gasteiger charge is -2.17. The molecule has 0 fully saturated rings. The van der Waals surface area contributed by atoms with Crippen LogP contribution in [0.3, 0.4) is 0 Å². The van der Waals surface area contributed by atoms with Crippen LogP contribution < -0.4 is 19.5 Å². The molecule has 0 bridgehead atoms. The smallest absolute Gasteiger partial charge is 0.164 e. The number of rotatable bonds is 7. The number of ether oxygens (including phenoxy) is 3. The highest BCUT2D eigenvalue weighted by Gasteiger charge is 2.13. The van der Waals surface area contributed by atoms with Crippen molar-refractivity contribution in [2.75, 3.05) is 21.3 Å². The van der Waals surface area contributed by atoms with E-state index in [1.807, 2.05) is 30.3 Å². The van der Waals surface area contributed by atoms with E-state index in [2.05, 4.69) is 17.2 Å². The van der Waals surface area contributed by atoms with Crippen LogP contribution >= 0.6 is 0 Å². The predicted octanol–water partition coefficient (Wildman–Crippen LogP) is 2.96. The zero-order valence-corrected chi connectivity index (χ0v) is 13.4. The summed E-state index contributed by atoms with van der Waals surface area (Å²) in [6, 6.07) is 9.80. The maximum Gasteiger partial charge on any atom is 0.164 e. The molecule has 0 aliphatic carbocycles. The number of benzene rings is 1. The summed E-state index contributed by atoms with van der Waals surface area (Å²) in [4.78, 5) is 4.36. The summed E-state index contributed by atoms with van der Waals surface area (Å²) < 4.78 is 16.1. The minimum Gasteiger partial charge on any atom is -0.496 e. The number of nitrogens with one attached hydrogen (secondary N) is 1. The summed E-state index contributed by atoms with van der Waals surface area (Å²) in [5.41, 5.74) is 2.00. The van der Waals surface area contributed by atoms with E-state index in [-0.39, 0.29) is 6.04 Å². The highest BCUT2D eigenvalue weighted by atomic mass is 16.5. The SMILES string of the molecule is COc1cc(OC)c(OC)cc1CNC(C)c1ccccn1. The molecule has 1 aromatic heterocycles. The molecule has 118 valence electrons. The second-order valence-corrected chi connectivity index (χ2v) is 4.88. The fourth-order valence-corrected chi connectivity index (χ4v) is 2.23. The number of methoxy groups -OCH3 is 3. The summed E-state index contributed by atoms with van der Waals surface area (Å²) >= 11 is 0. The van der Waals surface area contributed by atoms with Crippen LogP contribution in [0.15, 0.2) is 36.5 Å². The van der Waals surface area contributed by atoms with E-state index in [0.29, 0.717) is 18.0 Å². The van der Waals surface area contributed by atoms with Crippen LogP contribution in [0.2, 0.25) is 0 Å². The molecule has 1 unspecified atom stereocenters. The highest BCUT2D eigenvalue weighted by molar-refractivity contribution is 5.50. The largest absolute Gasteiger partial charge is 0.496 e. The Hall–Kier alpha value is -2.27. The van der Waals surface area contributed by atoms with Crippen molar-refractivity contribution in [2.24, 2.45) is 0 Å². The van der Waals surface area contributed by atoms with Crippen molar-refractivity contribution in [3.8, 4) is 17.2 Å². The van der Waals surface area contributed by atoms with Gasteiger partial charge >= 0.3 is 0 Å². The standard InChI is InChI=1S/C17H22N2O3/c1-12(14-7-5-6-8-18-14)19-11-13-9-16(21-3)17(22-4)10-15(13)20-2/h5-10,12,19H,11H2,1-4H3. The van der Waals surface area contributed by atoms with E-state index >= 15 is 0 Å². The predicted molar refractivity (Wildman–Crippen MR) is 85.6 cm³/mol. The zero-order chi connectivity index (χ0) is 15.9. The third-order valence-corrected chi connectivity index (χ3v) is 3.52. The Morgan fingerprint density at radius 1 is 1.00 bits per heavy atom. The van der Waals surface area contributed by atoms with Gasteiger partial charge in [0.2, 0.25) is 0 Å². The van der Waals surface area contributed by atoms with Crippen LogP contribution in [-0.2, 0) is 6.54 Å². The van der Waals surface area contributed by atoms with E-state index in [1.165, 1.54) is 0 Å². The van der Waals surface area contributed by atoms with Crippen molar-refractivity contribution in [2.45, 2.75) is 19.5 Å². The van der Waals surface area contributed by atoms with Crippen LogP contribution in [0.25, 0.3) is 0 Å². The van der Waals surface area contributed by atoms with Gasteiger partial charge < -0.3 is 19.5 Å². The van der Waals surface area contributed by atoms with Gasteiger partial charge in [0.05, 0.1) is 27.0 Å². The molecule has 0 amide bonds. The minimum absolute atomic E-state index is 0.138. The number of nitrogens with zero attached hydrogens (tertiary/aromatic N) is 1. The summed E-state index contributed by atoms with van der Waals surface area (Å²) in [6.45, 7) is 2.72. The molecule has 0 spiro atoms. The lowest BCUT2D eigenvalue weighted by molar-refractivity contribution is 0.346. The average Bonchev–Trinajstić information content (AvgIpc) is 2.59. The molecule has 1 aromatic carbocycles. The lowest BCUT2D eigenvalue weighted by Crippen LogP contribution is -2.19. The van der Waals surface area contributed by atoms with Gasteiger partial charge in [0.15, 0.2) is 11.5 Å². The summed E-state index contributed by atoms with van der Waals surface area (Å²) in [6.07, 6.45) is 1.80. The van der Waals surface area contributed by atoms with Crippen molar-refractivity contribution < 1.29 is 14.2 Å². The fraction of sp³-hybridized carbons (Fsp3) is 0.353. The van der Waals surface area contributed by atoms with Gasteiger partial charge in [0, 0.05) is 30.4 Å². The van der Waals surface area contributed by atoms with Crippen LogP contribution in [0.5, 0.6) is 17.2 Å². The second kappa shape index (κ2) is 7.66. The quantitative estimate of drug-likeness (QED) is 0.852. The molecular weight excluding hydrogens is 280 g/mol. The Bertz CT molecular complexity index is 602. The third-order valence-electron chi connectivity index (χ3n) is 3.52. The molecule has 1 heterocycles. The molecule has 1 atom stereocenters. The second-order valence-electron chi connectivity index (χ2n) is 4.88. The molecular formula is C17H22N2O3. The van der Waals surface area contributed by atoms with Crippen molar-refractivity contribution >= 4 is 0 Å². The number of hydrogen-bond acceptors (Lipinski definition) is 5. The average molecular weight is 302 g/mol. The summed E-state index contributed by atoms with van der Waals surface area (Å²) in [5.74, 6) is 2.10. The first-order valence-corrected chi connectivity index (χ1v) is 7.12. The van der Waals surface area contributed by atoms with Crippen LogP contribution in [0.4, 0.5) is 0 Å². The maximum atomic E-state index is 5.43. The van der Waals surface area contributed by atoms with Gasteiger partial charge in [-0.3, -0.25) is 4.98 Å². The topological polar surface area (TPSA) is 52.6 Å². The molecule has 2 rings (SSSR count). The zero-order valence-electron chi connectivity index (χ0n) is 13.4. The Labute approximate surface area is 131 Å². The van der Waals surface area contributed by atoms with Gasteiger partial charge in [-0.2, -0.15) is 0 Å². The maximum absolute atomic E-state index is 5.43. The molecule has 1 N–H and O–H groups in total. The first kappa shape index (κ1) is 16.1. The molecule has 0 saturated heterocycles. The van der Waals surface area contributed by atoms with Gasteiger partial charge in [-0.15, -0.1) is 0 Å². The fourth-order valence-electron chi connectivity index (χ4n) is 2.23. The Kier molecular flexibility index (Phi) is 5.61. The van der Waals surface area contributed by atoms with Gasteiger partial charge in [-0.25, -0.2) is 0 Å². The molecule has 5 nitrogen and oxygen atoms in total. The van der Waals surface area contributed by atoms with Gasteiger partial charge in [-0.1, -0.05) is 6.07 Å². The van der Waals surface area contributed by atoms with Crippen LogP contribution in [-0.4, -0.2) is 26.3 Å². The molecule has 0 saturated carbocycles. The molecule has 0 aliphatic heterocycles. The molecule has 22 heavy (non-hydrogen) atoms. The number of hydrogen-bond donors (Lipinski definition) is 1.